The van der Waals surface area contributed by atoms with Crippen molar-refractivity contribution in [3.63, 3.8) is 0 Å². The molecule has 150 valence electrons. The second-order valence-electron chi connectivity index (χ2n) is 7.31. The second-order valence-corrected chi connectivity index (χ2v) is 7.31. The Morgan fingerprint density at radius 1 is 1.25 bits per heavy atom. The maximum atomic E-state index is 13.4. The summed E-state index contributed by atoms with van der Waals surface area (Å²) in [6.45, 7) is 7.29. The Labute approximate surface area is 163 Å². The summed E-state index contributed by atoms with van der Waals surface area (Å²) >= 11 is 0. The Balaban J connectivity index is 2.15. The van der Waals surface area contributed by atoms with Gasteiger partial charge in [0.05, 0.1) is 31.1 Å². The molecule has 3 rings (SSSR count). The van der Waals surface area contributed by atoms with Crippen LogP contribution in [0.5, 0.6) is 0 Å². The van der Waals surface area contributed by atoms with Crippen LogP contribution in [0.3, 0.4) is 0 Å². The second kappa shape index (κ2) is 7.73. The number of allylic oxidation sites excluding steroid dienone is 1. The molecule has 1 aromatic heterocycles. The number of aryl methyl sites for hydroxylation is 1. The summed E-state index contributed by atoms with van der Waals surface area (Å²) < 4.78 is 15.9. The van der Waals surface area contributed by atoms with Gasteiger partial charge in [0.25, 0.3) is 0 Å². The minimum atomic E-state index is -0.894. The molecule has 2 aliphatic rings. The lowest BCUT2D eigenvalue weighted by atomic mass is 9.65. The molecule has 7 nitrogen and oxygen atoms in total. The molecule has 0 bridgehead atoms. The Hall–Kier alpha value is -2.70. The third-order valence-electron chi connectivity index (χ3n) is 5.44. The van der Waals surface area contributed by atoms with Crippen LogP contribution in [0.25, 0.3) is 0 Å². The smallest absolute Gasteiger partial charge is 0.336 e. The van der Waals surface area contributed by atoms with Crippen molar-refractivity contribution in [3.8, 4) is 0 Å². The van der Waals surface area contributed by atoms with Crippen molar-refractivity contribution in [2.45, 2.75) is 40.0 Å². The Kier molecular flexibility index (Phi) is 5.54. The molecular weight excluding hydrogens is 362 g/mol. The van der Waals surface area contributed by atoms with Crippen LogP contribution in [0.2, 0.25) is 0 Å². The lowest BCUT2D eigenvalue weighted by Crippen LogP contribution is -2.48. The normalized spacial score (nSPS) is 27.2. The number of esters is 2. The van der Waals surface area contributed by atoms with Gasteiger partial charge in [-0.25, -0.2) is 4.79 Å². The molecule has 0 aromatic carbocycles. The van der Waals surface area contributed by atoms with Gasteiger partial charge in [0, 0.05) is 11.4 Å². The first kappa shape index (κ1) is 20.0. The van der Waals surface area contributed by atoms with Crippen molar-refractivity contribution in [2.75, 3.05) is 13.7 Å². The maximum absolute atomic E-state index is 13.4. The van der Waals surface area contributed by atoms with Crippen molar-refractivity contribution in [3.05, 3.63) is 34.9 Å². The molecule has 4 atom stereocenters. The number of furan rings is 1. The molecule has 1 aliphatic heterocycles. The molecule has 0 radical (unpaired) electrons. The van der Waals surface area contributed by atoms with Gasteiger partial charge < -0.3 is 13.9 Å². The highest BCUT2D eigenvalue weighted by molar-refractivity contribution is 6.17. The van der Waals surface area contributed by atoms with Crippen LogP contribution in [0.1, 0.15) is 44.6 Å². The van der Waals surface area contributed by atoms with E-state index < -0.39 is 29.7 Å². The van der Waals surface area contributed by atoms with Crippen LogP contribution in [0, 0.1) is 24.7 Å². The molecule has 1 aromatic rings. The zero-order valence-corrected chi connectivity index (χ0v) is 16.8. The highest BCUT2D eigenvalue weighted by atomic mass is 16.5. The summed E-state index contributed by atoms with van der Waals surface area (Å²) in [5.41, 5.74) is 1.49. The first-order chi connectivity index (χ1) is 13.3. The van der Waals surface area contributed by atoms with E-state index in [4.69, 9.17) is 13.9 Å². The number of aliphatic imine (C=N–C) groups is 1. The summed E-state index contributed by atoms with van der Waals surface area (Å²) in [6.07, 6.45) is 0.472. The summed E-state index contributed by atoms with van der Waals surface area (Å²) in [6, 6.07) is 3.54. The topological polar surface area (TPSA) is 95.2 Å². The van der Waals surface area contributed by atoms with Crippen LogP contribution >= 0.6 is 0 Å². The monoisotopic (exact) mass is 387 g/mol. The van der Waals surface area contributed by atoms with E-state index in [-0.39, 0.29) is 18.3 Å². The number of Topliss-reactive ketones (excluding diaryl/α,β-unsaturated/α-hetero) is 1. The average Bonchev–Trinajstić information content (AvgIpc) is 3.06. The van der Waals surface area contributed by atoms with E-state index in [0.717, 1.165) is 0 Å². The van der Waals surface area contributed by atoms with Crippen LogP contribution in [0.15, 0.2) is 32.8 Å². The largest absolute Gasteiger partial charge is 0.468 e. The molecule has 7 heteroatoms. The molecule has 2 heterocycles. The number of carbonyl (C=O) groups is 3. The Bertz CT molecular complexity index is 877. The van der Waals surface area contributed by atoms with Crippen LogP contribution in [-0.2, 0) is 23.9 Å². The van der Waals surface area contributed by atoms with Crippen LogP contribution < -0.4 is 0 Å². The van der Waals surface area contributed by atoms with Crippen LogP contribution in [-0.4, -0.2) is 37.2 Å². The molecule has 0 spiro atoms. The number of methoxy groups -OCH3 is 1. The molecule has 1 aliphatic carbocycles. The van der Waals surface area contributed by atoms with E-state index >= 15 is 0 Å². The van der Waals surface area contributed by atoms with E-state index in [9.17, 15) is 14.4 Å². The number of nitrogens with zero attached hydrogens (tertiary/aromatic N) is 1. The number of ketones is 1. The molecule has 0 saturated heterocycles. The fourth-order valence-electron chi connectivity index (χ4n) is 4.24. The van der Waals surface area contributed by atoms with Crippen molar-refractivity contribution in [1.82, 2.24) is 0 Å². The van der Waals surface area contributed by atoms with E-state index in [1.165, 1.54) is 7.11 Å². The van der Waals surface area contributed by atoms with E-state index in [2.05, 4.69) is 4.99 Å². The van der Waals surface area contributed by atoms with Gasteiger partial charge in [0.1, 0.15) is 17.4 Å². The summed E-state index contributed by atoms with van der Waals surface area (Å²) in [5.74, 6) is -2.78. The molecule has 0 unspecified atom stereocenters. The summed E-state index contributed by atoms with van der Waals surface area (Å²) in [5, 5.41) is 0. The first-order valence-electron chi connectivity index (χ1n) is 9.43. The number of hydrogen-bond acceptors (Lipinski definition) is 7. The predicted octanol–water partition coefficient (Wildman–Crippen LogP) is 2.98. The van der Waals surface area contributed by atoms with Gasteiger partial charge in [0.15, 0.2) is 5.78 Å². The first-order valence-corrected chi connectivity index (χ1v) is 9.43. The van der Waals surface area contributed by atoms with Gasteiger partial charge in [0.2, 0.25) is 0 Å². The van der Waals surface area contributed by atoms with E-state index in [1.54, 1.807) is 32.9 Å². The number of carbonyl (C=O) groups excluding carboxylic acids is 3. The molecule has 28 heavy (non-hydrogen) atoms. The Morgan fingerprint density at radius 3 is 2.54 bits per heavy atom. The molecule has 1 fully saturated rings. The van der Waals surface area contributed by atoms with Gasteiger partial charge in [-0.3, -0.25) is 14.6 Å². The zero-order chi connectivity index (χ0) is 20.6. The van der Waals surface area contributed by atoms with Crippen molar-refractivity contribution < 1.29 is 28.3 Å². The molecule has 1 saturated carbocycles. The molecule has 0 amide bonds. The standard InChI is InChI=1S/C21H25NO6/c1-6-27-21(25)16-12(4)22-13-9-10(2)15(20(24)26-5)19(23)17(13)18(16)14-8-7-11(3)28-14/h7-8,10,15,17-18H,6,9H2,1-5H3/t10-,15-,17+,18-/m1/s1. The quantitative estimate of drug-likeness (QED) is 0.582. The van der Waals surface area contributed by atoms with Gasteiger partial charge >= 0.3 is 11.9 Å². The number of ether oxygens (including phenoxy) is 2. The van der Waals surface area contributed by atoms with Crippen molar-refractivity contribution in [1.29, 1.82) is 0 Å². The number of hydrogen-bond donors (Lipinski definition) is 0. The predicted molar refractivity (Wildman–Crippen MR) is 101 cm³/mol. The van der Waals surface area contributed by atoms with Gasteiger partial charge in [-0.05, 0) is 45.2 Å². The number of fused-ring (bicyclic) bond motifs is 1. The van der Waals surface area contributed by atoms with E-state index in [1.807, 2.05) is 6.92 Å². The van der Waals surface area contributed by atoms with Gasteiger partial charge in [-0.2, -0.15) is 0 Å². The Morgan fingerprint density at radius 2 is 1.96 bits per heavy atom. The number of rotatable bonds is 4. The lowest BCUT2D eigenvalue weighted by Gasteiger charge is -2.39. The highest BCUT2D eigenvalue weighted by Crippen LogP contribution is 2.46. The third-order valence-corrected chi connectivity index (χ3v) is 5.44. The minimum absolute atomic E-state index is 0.205. The highest BCUT2D eigenvalue weighted by Gasteiger charge is 2.52. The fraction of sp³-hybridized carbons (Fsp3) is 0.524. The fourth-order valence-corrected chi connectivity index (χ4v) is 4.24. The maximum Gasteiger partial charge on any atom is 0.336 e. The lowest BCUT2D eigenvalue weighted by molar-refractivity contribution is -0.152. The van der Waals surface area contributed by atoms with Crippen molar-refractivity contribution in [2.24, 2.45) is 22.7 Å². The average molecular weight is 387 g/mol. The summed E-state index contributed by atoms with van der Waals surface area (Å²) in [4.78, 5) is 43.0. The molecule has 0 N–H and O–H groups in total. The van der Waals surface area contributed by atoms with Crippen LogP contribution in [0.4, 0.5) is 0 Å². The van der Waals surface area contributed by atoms with Gasteiger partial charge in [-0.15, -0.1) is 0 Å². The van der Waals surface area contributed by atoms with Crippen molar-refractivity contribution >= 4 is 23.4 Å². The van der Waals surface area contributed by atoms with Gasteiger partial charge in [-0.1, -0.05) is 6.92 Å². The SMILES string of the molecule is CCOC(=O)C1=C(C)N=C2C[C@@H](C)[C@@H](C(=O)OC)C(=O)[C@@H]2[C@@H]1c1ccc(C)o1. The summed E-state index contributed by atoms with van der Waals surface area (Å²) in [7, 11) is 1.27. The minimum Gasteiger partial charge on any atom is -0.468 e. The molecular formula is C21H25NO6. The third kappa shape index (κ3) is 3.30. The van der Waals surface area contributed by atoms with E-state index in [0.29, 0.717) is 34.9 Å². The zero-order valence-electron chi connectivity index (χ0n) is 16.8.